The molecule has 0 radical (unpaired) electrons. The van der Waals surface area contributed by atoms with Crippen LogP contribution < -0.4 is 4.74 Å². The average molecular weight is 284 g/mol. The van der Waals surface area contributed by atoms with Crippen molar-refractivity contribution in [3.8, 4) is 5.75 Å². The summed E-state index contributed by atoms with van der Waals surface area (Å²) in [5.74, 6) is 2.63. The highest BCUT2D eigenvalue weighted by Crippen LogP contribution is 2.38. The van der Waals surface area contributed by atoms with Crippen LogP contribution in [0.3, 0.4) is 0 Å². The zero-order valence-corrected chi connectivity index (χ0v) is 11.7. The molecule has 5 heteroatoms. The lowest BCUT2D eigenvalue weighted by Gasteiger charge is -2.15. The Bertz CT molecular complexity index is 689. The van der Waals surface area contributed by atoms with E-state index in [1.807, 2.05) is 18.2 Å². The SMILES string of the molecule is O=C1CCCc2ccc(OCc3nc(C4CC4)no3)cc21. The van der Waals surface area contributed by atoms with Crippen molar-refractivity contribution in [3.63, 3.8) is 0 Å². The van der Waals surface area contributed by atoms with E-state index in [0.717, 1.165) is 42.6 Å². The van der Waals surface area contributed by atoms with Crippen molar-refractivity contribution >= 4 is 5.78 Å². The lowest BCUT2D eigenvalue weighted by Crippen LogP contribution is -2.10. The van der Waals surface area contributed by atoms with Gasteiger partial charge >= 0.3 is 0 Å². The van der Waals surface area contributed by atoms with Gasteiger partial charge < -0.3 is 9.26 Å². The zero-order valence-electron chi connectivity index (χ0n) is 11.7. The number of carbonyl (C=O) groups excluding carboxylic acids is 1. The van der Waals surface area contributed by atoms with E-state index in [1.54, 1.807) is 0 Å². The van der Waals surface area contributed by atoms with Crippen LogP contribution in [-0.2, 0) is 13.0 Å². The molecular weight excluding hydrogens is 268 g/mol. The summed E-state index contributed by atoms with van der Waals surface area (Å²) in [6.07, 6.45) is 4.83. The first kappa shape index (κ1) is 12.6. The number of ketones is 1. The van der Waals surface area contributed by atoms with E-state index >= 15 is 0 Å². The summed E-state index contributed by atoms with van der Waals surface area (Å²) < 4.78 is 10.8. The smallest absolute Gasteiger partial charge is 0.264 e. The Kier molecular flexibility index (Phi) is 2.98. The molecule has 0 saturated heterocycles. The molecule has 108 valence electrons. The summed E-state index contributed by atoms with van der Waals surface area (Å²) in [4.78, 5) is 16.2. The number of carbonyl (C=O) groups is 1. The molecule has 4 rings (SSSR count). The summed E-state index contributed by atoms with van der Waals surface area (Å²) in [7, 11) is 0. The van der Waals surface area contributed by atoms with E-state index in [2.05, 4.69) is 10.1 Å². The van der Waals surface area contributed by atoms with Crippen molar-refractivity contribution in [2.24, 2.45) is 0 Å². The van der Waals surface area contributed by atoms with Crippen molar-refractivity contribution in [2.45, 2.75) is 44.6 Å². The Labute approximate surface area is 122 Å². The first-order chi connectivity index (χ1) is 10.3. The van der Waals surface area contributed by atoms with E-state index in [-0.39, 0.29) is 12.4 Å². The Morgan fingerprint density at radius 2 is 2.19 bits per heavy atom. The van der Waals surface area contributed by atoms with Crippen LogP contribution in [0.5, 0.6) is 5.75 Å². The fourth-order valence-electron chi connectivity index (χ4n) is 2.68. The summed E-state index contributed by atoms with van der Waals surface area (Å²) in [5.41, 5.74) is 1.91. The van der Waals surface area contributed by atoms with Crippen molar-refractivity contribution < 1.29 is 14.1 Å². The molecule has 0 atom stereocenters. The summed E-state index contributed by atoms with van der Waals surface area (Å²) >= 11 is 0. The molecule has 0 amide bonds. The molecule has 0 bridgehead atoms. The molecule has 0 aliphatic heterocycles. The van der Waals surface area contributed by atoms with Gasteiger partial charge in [-0.1, -0.05) is 11.2 Å². The molecule has 2 aromatic rings. The summed E-state index contributed by atoms with van der Waals surface area (Å²) in [6, 6.07) is 5.70. The average Bonchev–Trinajstić information content (AvgIpc) is 3.25. The fourth-order valence-corrected chi connectivity index (χ4v) is 2.68. The topological polar surface area (TPSA) is 65.2 Å². The molecule has 2 aliphatic carbocycles. The molecule has 1 heterocycles. The van der Waals surface area contributed by atoms with Crippen LogP contribution in [0.15, 0.2) is 22.7 Å². The monoisotopic (exact) mass is 284 g/mol. The molecule has 0 unspecified atom stereocenters. The normalized spacial score (nSPS) is 17.6. The van der Waals surface area contributed by atoms with E-state index in [1.165, 1.54) is 0 Å². The predicted molar refractivity (Wildman–Crippen MR) is 74.3 cm³/mol. The van der Waals surface area contributed by atoms with Crippen molar-refractivity contribution in [1.82, 2.24) is 10.1 Å². The highest BCUT2D eigenvalue weighted by Gasteiger charge is 2.28. The third-order valence-electron chi connectivity index (χ3n) is 4.02. The molecule has 0 spiro atoms. The predicted octanol–water partition coefficient (Wildman–Crippen LogP) is 3.05. The molecule has 2 aliphatic rings. The molecule has 1 fully saturated rings. The van der Waals surface area contributed by atoms with Gasteiger partial charge in [-0.2, -0.15) is 4.98 Å². The highest BCUT2D eigenvalue weighted by molar-refractivity contribution is 5.98. The summed E-state index contributed by atoms with van der Waals surface area (Å²) in [5, 5.41) is 3.95. The lowest BCUT2D eigenvalue weighted by molar-refractivity contribution is 0.0972. The second-order valence-electron chi connectivity index (χ2n) is 5.70. The van der Waals surface area contributed by atoms with E-state index in [9.17, 15) is 4.79 Å². The molecule has 5 nitrogen and oxygen atoms in total. The number of aromatic nitrogens is 2. The number of fused-ring (bicyclic) bond motifs is 1. The largest absolute Gasteiger partial charge is 0.484 e. The minimum atomic E-state index is 0.204. The van der Waals surface area contributed by atoms with Gasteiger partial charge in [-0.3, -0.25) is 4.79 Å². The number of nitrogens with zero attached hydrogens (tertiary/aromatic N) is 2. The van der Waals surface area contributed by atoms with E-state index in [0.29, 0.717) is 24.0 Å². The molecule has 21 heavy (non-hydrogen) atoms. The third-order valence-corrected chi connectivity index (χ3v) is 4.02. The maximum atomic E-state index is 11.9. The van der Waals surface area contributed by atoms with Crippen LogP contribution in [-0.4, -0.2) is 15.9 Å². The maximum absolute atomic E-state index is 11.9. The Morgan fingerprint density at radius 1 is 1.29 bits per heavy atom. The Morgan fingerprint density at radius 3 is 3.05 bits per heavy atom. The maximum Gasteiger partial charge on any atom is 0.264 e. The van der Waals surface area contributed by atoms with Gasteiger partial charge in [-0.25, -0.2) is 0 Å². The fraction of sp³-hybridized carbons (Fsp3) is 0.438. The molecule has 1 aromatic heterocycles. The lowest BCUT2D eigenvalue weighted by atomic mass is 9.90. The standard InChI is InChI=1S/C16H16N2O3/c19-14-3-1-2-10-6-7-12(8-13(10)14)20-9-15-17-16(18-21-15)11-4-5-11/h6-8,11H,1-5,9H2. The second-order valence-corrected chi connectivity index (χ2v) is 5.70. The number of hydrogen-bond donors (Lipinski definition) is 0. The van der Waals surface area contributed by atoms with Gasteiger partial charge in [0, 0.05) is 17.9 Å². The van der Waals surface area contributed by atoms with Gasteiger partial charge in [-0.05, 0) is 43.4 Å². The van der Waals surface area contributed by atoms with Crippen LogP contribution >= 0.6 is 0 Å². The molecule has 0 N–H and O–H groups in total. The quantitative estimate of drug-likeness (QED) is 0.863. The Balaban J connectivity index is 1.46. The van der Waals surface area contributed by atoms with Crippen LogP contribution in [0.2, 0.25) is 0 Å². The minimum Gasteiger partial charge on any atom is -0.484 e. The second kappa shape index (κ2) is 4.98. The van der Waals surface area contributed by atoms with Gasteiger partial charge in [0.05, 0.1) is 0 Å². The first-order valence-electron chi connectivity index (χ1n) is 7.41. The van der Waals surface area contributed by atoms with Crippen LogP contribution in [0, 0.1) is 0 Å². The van der Waals surface area contributed by atoms with Gasteiger partial charge in [0.25, 0.3) is 5.89 Å². The van der Waals surface area contributed by atoms with Crippen molar-refractivity contribution in [3.05, 3.63) is 41.0 Å². The number of rotatable bonds is 4. The minimum absolute atomic E-state index is 0.204. The Hall–Kier alpha value is -2.17. The van der Waals surface area contributed by atoms with Gasteiger partial charge in [0.15, 0.2) is 18.2 Å². The van der Waals surface area contributed by atoms with Gasteiger partial charge in [0.2, 0.25) is 0 Å². The number of hydrogen-bond acceptors (Lipinski definition) is 5. The number of ether oxygens (including phenoxy) is 1. The number of aryl methyl sites for hydroxylation is 1. The van der Waals surface area contributed by atoms with E-state index in [4.69, 9.17) is 9.26 Å². The molecule has 1 aromatic carbocycles. The van der Waals surface area contributed by atoms with Crippen LogP contribution in [0.25, 0.3) is 0 Å². The van der Waals surface area contributed by atoms with Crippen LogP contribution in [0.1, 0.15) is 59.2 Å². The molecular formula is C16H16N2O3. The summed E-state index contributed by atoms with van der Waals surface area (Å²) in [6.45, 7) is 0.243. The number of Topliss-reactive ketones (excluding diaryl/α,β-unsaturated/α-hetero) is 1. The zero-order chi connectivity index (χ0) is 14.2. The van der Waals surface area contributed by atoms with Gasteiger partial charge in [0.1, 0.15) is 5.75 Å². The van der Waals surface area contributed by atoms with Crippen molar-refractivity contribution in [1.29, 1.82) is 0 Å². The highest BCUT2D eigenvalue weighted by atomic mass is 16.5. The number of benzene rings is 1. The van der Waals surface area contributed by atoms with Crippen molar-refractivity contribution in [2.75, 3.05) is 0 Å². The third kappa shape index (κ3) is 2.55. The molecule has 1 saturated carbocycles. The first-order valence-corrected chi connectivity index (χ1v) is 7.41. The van der Waals surface area contributed by atoms with E-state index < -0.39 is 0 Å². The van der Waals surface area contributed by atoms with Crippen LogP contribution in [0.4, 0.5) is 0 Å². The van der Waals surface area contributed by atoms with Gasteiger partial charge in [-0.15, -0.1) is 0 Å².